The van der Waals surface area contributed by atoms with Crippen molar-refractivity contribution < 1.29 is 14.7 Å². The van der Waals surface area contributed by atoms with E-state index in [1.165, 1.54) is 0 Å². The summed E-state index contributed by atoms with van der Waals surface area (Å²) >= 11 is 0. The van der Waals surface area contributed by atoms with Crippen molar-refractivity contribution in [2.24, 2.45) is 10.9 Å². The second-order valence-corrected chi connectivity index (χ2v) is 8.52. The summed E-state index contributed by atoms with van der Waals surface area (Å²) in [6, 6.07) is 15.6. The Morgan fingerprint density at radius 1 is 1.09 bits per heavy atom. The van der Waals surface area contributed by atoms with E-state index in [2.05, 4.69) is 22.4 Å². The molecule has 1 aliphatic heterocycles. The quantitative estimate of drug-likeness (QED) is 0.563. The van der Waals surface area contributed by atoms with Crippen LogP contribution in [-0.2, 0) is 16.1 Å². The molecule has 0 bridgehead atoms. The molecule has 0 unspecified atom stereocenters. The summed E-state index contributed by atoms with van der Waals surface area (Å²) in [5.74, 6) is 0.460. The summed E-state index contributed by atoms with van der Waals surface area (Å²) in [6.45, 7) is 6.29. The van der Waals surface area contributed by atoms with Gasteiger partial charge < -0.3 is 15.3 Å². The number of amidine groups is 1. The lowest BCUT2D eigenvalue weighted by atomic mass is 9.95. The van der Waals surface area contributed by atoms with Crippen molar-refractivity contribution in [2.75, 3.05) is 13.3 Å². The van der Waals surface area contributed by atoms with Gasteiger partial charge in [0, 0.05) is 18.5 Å². The second-order valence-electron chi connectivity index (χ2n) is 8.52. The van der Waals surface area contributed by atoms with Gasteiger partial charge in [0.15, 0.2) is 5.78 Å². The van der Waals surface area contributed by atoms with Gasteiger partial charge in [-0.25, -0.2) is 4.99 Å². The third-order valence-corrected chi connectivity index (χ3v) is 5.80. The third-order valence-electron chi connectivity index (χ3n) is 5.80. The van der Waals surface area contributed by atoms with E-state index >= 15 is 0 Å². The molecule has 32 heavy (non-hydrogen) atoms. The summed E-state index contributed by atoms with van der Waals surface area (Å²) in [5, 5.41) is 12.7. The summed E-state index contributed by atoms with van der Waals surface area (Å²) in [6.07, 6.45) is 2.09. The zero-order valence-corrected chi connectivity index (χ0v) is 19.2. The van der Waals surface area contributed by atoms with Gasteiger partial charge in [0.25, 0.3) is 0 Å². The molecule has 2 aromatic rings. The number of carbonyl (C=O) groups excluding carboxylic acids is 2. The van der Waals surface area contributed by atoms with Crippen LogP contribution in [0.1, 0.15) is 51.2 Å². The standard InChI is InChI=1S/C26H33N3O3/c1-4-5-10-24(32)29(25(18(2)3)23(31)16-30)15-19-11-13-20(14-12-19)21-8-6-7-9-22(21)26-27-17-28-26/h6-9,11-14,18,25,30H,4-5,10,15-17H2,1-3H3,(H,27,28)/t25-/m0/s1. The predicted octanol–water partition coefficient (Wildman–Crippen LogP) is 3.77. The number of hydrogen-bond acceptors (Lipinski definition) is 5. The highest BCUT2D eigenvalue weighted by Gasteiger charge is 2.31. The lowest BCUT2D eigenvalue weighted by Crippen LogP contribution is -2.48. The molecule has 2 N–H and O–H groups in total. The van der Waals surface area contributed by atoms with Crippen LogP contribution in [0, 0.1) is 5.92 Å². The topological polar surface area (TPSA) is 82.0 Å². The largest absolute Gasteiger partial charge is 0.389 e. The van der Waals surface area contributed by atoms with Crippen LogP contribution in [-0.4, -0.2) is 46.8 Å². The summed E-state index contributed by atoms with van der Waals surface area (Å²) in [5.41, 5.74) is 4.18. The maximum absolute atomic E-state index is 13.0. The zero-order valence-electron chi connectivity index (χ0n) is 19.2. The molecule has 0 aliphatic carbocycles. The van der Waals surface area contributed by atoms with Crippen LogP contribution in [0.4, 0.5) is 0 Å². The molecule has 0 aromatic heterocycles. The Morgan fingerprint density at radius 3 is 2.28 bits per heavy atom. The van der Waals surface area contributed by atoms with Crippen molar-refractivity contribution in [3.63, 3.8) is 0 Å². The molecule has 6 nitrogen and oxygen atoms in total. The fourth-order valence-electron chi connectivity index (χ4n) is 4.08. The van der Waals surface area contributed by atoms with Crippen LogP contribution >= 0.6 is 0 Å². The molecular weight excluding hydrogens is 402 g/mol. The van der Waals surface area contributed by atoms with Gasteiger partial charge in [-0.3, -0.25) is 9.59 Å². The number of ketones is 1. The van der Waals surface area contributed by atoms with Gasteiger partial charge >= 0.3 is 0 Å². The van der Waals surface area contributed by atoms with E-state index in [-0.39, 0.29) is 17.6 Å². The Balaban J connectivity index is 1.86. The first-order valence-electron chi connectivity index (χ1n) is 11.4. The highest BCUT2D eigenvalue weighted by Crippen LogP contribution is 2.26. The number of rotatable bonds is 11. The SMILES string of the molecule is CCCCC(=O)N(Cc1ccc(-c2ccccc2C2=NCN2)cc1)[C@H](C(=O)CO)C(C)C. The minimum Gasteiger partial charge on any atom is -0.389 e. The normalized spacial score (nSPS) is 13.7. The molecule has 0 radical (unpaired) electrons. The van der Waals surface area contributed by atoms with Crippen molar-refractivity contribution in [1.29, 1.82) is 0 Å². The fourth-order valence-corrected chi connectivity index (χ4v) is 4.08. The number of Topliss-reactive ketones (excluding diaryl/α,β-unsaturated/α-hetero) is 1. The predicted molar refractivity (Wildman–Crippen MR) is 127 cm³/mol. The molecule has 6 heteroatoms. The van der Waals surface area contributed by atoms with Crippen LogP contribution in [0.15, 0.2) is 53.5 Å². The second kappa shape index (κ2) is 11.0. The molecule has 1 heterocycles. The van der Waals surface area contributed by atoms with Crippen molar-refractivity contribution in [3.8, 4) is 11.1 Å². The first-order valence-corrected chi connectivity index (χ1v) is 11.4. The maximum Gasteiger partial charge on any atom is 0.223 e. The van der Waals surface area contributed by atoms with Gasteiger partial charge in [-0.15, -0.1) is 0 Å². The fraction of sp³-hybridized carbons (Fsp3) is 0.423. The van der Waals surface area contributed by atoms with Gasteiger partial charge in [-0.2, -0.15) is 0 Å². The van der Waals surface area contributed by atoms with Crippen LogP contribution in [0.25, 0.3) is 11.1 Å². The Bertz CT molecular complexity index is 967. The Kier molecular flexibility index (Phi) is 8.17. The van der Waals surface area contributed by atoms with Crippen LogP contribution in [0.3, 0.4) is 0 Å². The number of nitrogens with zero attached hydrogens (tertiary/aromatic N) is 2. The molecule has 0 fully saturated rings. The van der Waals surface area contributed by atoms with Crippen LogP contribution < -0.4 is 5.32 Å². The highest BCUT2D eigenvalue weighted by molar-refractivity contribution is 6.06. The minimum atomic E-state index is -0.632. The number of carbonyl (C=O) groups is 2. The van der Waals surface area contributed by atoms with Gasteiger partial charge in [0.2, 0.25) is 5.91 Å². The monoisotopic (exact) mass is 435 g/mol. The highest BCUT2D eigenvalue weighted by atomic mass is 16.3. The maximum atomic E-state index is 13.0. The van der Waals surface area contributed by atoms with E-state index in [1.54, 1.807) is 4.90 Å². The van der Waals surface area contributed by atoms with E-state index in [4.69, 9.17) is 0 Å². The molecule has 1 amide bonds. The van der Waals surface area contributed by atoms with E-state index in [0.717, 1.165) is 40.9 Å². The molecule has 3 rings (SSSR count). The molecule has 1 aliphatic rings. The van der Waals surface area contributed by atoms with Gasteiger partial charge in [0.1, 0.15) is 19.1 Å². The average molecular weight is 436 g/mol. The molecule has 0 saturated carbocycles. The Hall–Kier alpha value is -2.99. The van der Waals surface area contributed by atoms with E-state index < -0.39 is 12.6 Å². The molecular formula is C26H33N3O3. The third kappa shape index (κ3) is 5.43. The van der Waals surface area contributed by atoms with E-state index in [1.807, 2.05) is 57.2 Å². The van der Waals surface area contributed by atoms with Crippen LogP contribution in [0.5, 0.6) is 0 Å². The van der Waals surface area contributed by atoms with E-state index in [9.17, 15) is 14.7 Å². The number of aliphatic hydroxyl groups excluding tert-OH is 1. The summed E-state index contributed by atoms with van der Waals surface area (Å²) in [4.78, 5) is 31.5. The smallest absolute Gasteiger partial charge is 0.223 e. The summed E-state index contributed by atoms with van der Waals surface area (Å²) in [7, 11) is 0. The molecule has 2 aromatic carbocycles. The molecule has 170 valence electrons. The lowest BCUT2D eigenvalue weighted by Gasteiger charge is -2.33. The summed E-state index contributed by atoms with van der Waals surface area (Å²) < 4.78 is 0. The molecule has 0 saturated heterocycles. The first-order chi connectivity index (χ1) is 15.5. The van der Waals surface area contributed by atoms with Crippen molar-refractivity contribution >= 4 is 17.5 Å². The Morgan fingerprint density at radius 2 is 1.75 bits per heavy atom. The van der Waals surface area contributed by atoms with Crippen molar-refractivity contribution in [3.05, 3.63) is 59.7 Å². The number of unbranched alkanes of at least 4 members (excludes halogenated alkanes) is 1. The van der Waals surface area contributed by atoms with E-state index in [0.29, 0.717) is 19.6 Å². The number of nitrogens with one attached hydrogen (secondary N) is 1. The number of benzene rings is 2. The number of hydrogen-bond donors (Lipinski definition) is 2. The van der Waals surface area contributed by atoms with Gasteiger partial charge in [-0.1, -0.05) is 75.7 Å². The zero-order chi connectivity index (χ0) is 23.1. The average Bonchev–Trinajstić information content (AvgIpc) is 2.76. The first kappa shape index (κ1) is 23.7. The van der Waals surface area contributed by atoms with Crippen molar-refractivity contribution in [2.45, 2.75) is 52.6 Å². The minimum absolute atomic E-state index is 0.0455. The molecule has 1 atom stereocenters. The van der Waals surface area contributed by atoms with Crippen LogP contribution in [0.2, 0.25) is 0 Å². The number of amides is 1. The van der Waals surface area contributed by atoms with Gasteiger partial charge in [-0.05, 0) is 29.0 Å². The van der Waals surface area contributed by atoms with Crippen molar-refractivity contribution in [1.82, 2.24) is 10.2 Å². The number of aliphatic hydroxyl groups is 1. The van der Waals surface area contributed by atoms with Gasteiger partial charge in [0.05, 0.1) is 6.04 Å². The lowest BCUT2D eigenvalue weighted by molar-refractivity contribution is -0.143. The Labute approximate surface area is 190 Å². The molecule has 0 spiro atoms. The number of aliphatic imine (C=N–C) groups is 1.